The highest BCUT2D eigenvalue weighted by atomic mass is 16.4. The van der Waals surface area contributed by atoms with E-state index in [-0.39, 0.29) is 18.2 Å². The summed E-state index contributed by atoms with van der Waals surface area (Å²) in [4.78, 5) is 41.1. The smallest absolute Gasteiger partial charge is 0.358 e. The van der Waals surface area contributed by atoms with E-state index < -0.39 is 23.0 Å². The molecule has 0 aliphatic carbocycles. The summed E-state index contributed by atoms with van der Waals surface area (Å²) < 4.78 is 0. The van der Waals surface area contributed by atoms with Gasteiger partial charge in [0.15, 0.2) is 5.69 Å². The zero-order chi connectivity index (χ0) is 19.4. The second-order valence-electron chi connectivity index (χ2n) is 5.71. The lowest BCUT2D eigenvalue weighted by atomic mass is 10.1. The summed E-state index contributed by atoms with van der Waals surface area (Å²) in [6, 6.07) is 15.7. The van der Waals surface area contributed by atoms with Gasteiger partial charge in [-0.2, -0.15) is 0 Å². The Morgan fingerprint density at radius 1 is 1.07 bits per heavy atom. The lowest BCUT2D eigenvalue weighted by molar-refractivity contribution is -0.115. The van der Waals surface area contributed by atoms with E-state index in [0.29, 0.717) is 11.3 Å². The molecule has 0 aliphatic rings. The van der Waals surface area contributed by atoms with Crippen LogP contribution in [0.2, 0.25) is 0 Å². The Kier molecular flexibility index (Phi) is 4.98. The topological polar surface area (TPSA) is 132 Å². The SMILES string of the molecule is O=C(Cc1ccccc1)Nc1cccc(-c2nc(C(=O)O)c(O)c(=O)[nH]2)c1. The first-order valence-corrected chi connectivity index (χ1v) is 7.95. The van der Waals surface area contributed by atoms with Gasteiger partial charge in [-0.3, -0.25) is 9.59 Å². The molecule has 0 bridgehead atoms. The number of benzene rings is 2. The van der Waals surface area contributed by atoms with Gasteiger partial charge in [-0.1, -0.05) is 42.5 Å². The summed E-state index contributed by atoms with van der Waals surface area (Å²) in [5.74, 6) is -2.74. The van der Waals surface area contributed by atoms with E-state index in [1.165, 1.54) is 0 Å². The number of amides is 1. The Morgan fingerprint density at radius 2 is 1.81 bits per heavy atom. The van der Waals surface area contributed by atoms with Crippen molar-refractivity contribution in [2.24, 2.45) is 0 Å². The maximum absolute atomic E-state index is 12.2. The van der Waals surface area contributed by atoms with Crippen molar-refractivity contribution in [2.45, 2.75) is 6.42 Å². The predicted molar refractivity (Wildman–Crippen MR) is 97.7 cm³/mol. The molecule has 1 amide bonds. The van der Waals surface area contributed by atoms with Gasteiger partial charge in [0, 0.05) is 11.3 Å². The number of H-pyrrole nitrogens is 1. The number of aromatic nitrogens is 2. The predicted octanol–water partition coefficient (Wildman–Crippen LogP) is 2.02. The number of carboxylic acids is 1. The number of anilines is 1. The van der Waals surface area contributed by atoms with Crippen molar-refractivity contribution in [3.05, 3.63) is 76.2 Å². The van der Waals surface area contributed by atoms with Gasteiger partial charge in [-0.15, -0.1) is 0 Å². The minimum Gasteiger partial charge on any atom is -0.501 e. The average Bonchev–Trinajstić information content (AvgIpc) is 2.64. The van der Waals surface area contributed by atoms with E-state index in [1.54, 1.807) is 24.3 Å². The molecule has 0 saturated carbocycles. The van der Waals surface area contributed by atoms with E-state index in [0.717, 1.165) is 5.56 Å². The van der Waals surface area contributed by atoms with E-state index in [1.807, 2.05) is 30.3 Å². The molecular formula is C19H15N3O5. The van der Waals surface area contributed by atoms with Crippen LogP contribution in [0.25, 0.3) is 11.4 Å². The number of carboxylic acid groups (broad SMARTS) is 1. The van der Waals surface area contributed by atoms with Gasteiger partial charge < -0.3 is 20.5 Å². The standard InChI is InChI=1S/C19H15N3O5/c23-14(9-11-5-2-1-3-6-11)20-13-8-4-7-12(10-13)17-21-15(19(26)27)16(24)18(25)22-17/h1-8,10,24H,9H2,(H,20,23)(H,26,27)(H,21,22,25). The maximum Gasteiger partial charge on any atom is 0.358 e. The fourth-order valence-electron chi connectivity index (χ4n) is 2.48. The summed E-state index contributed by atoms with van der Waals surface area (Å²) in [5, 5.41) is 21.3. The van der Waals surface area contributed by atoms with E-state index in [2.05, 4.69) is 15.3 Å². The van der Waals surface area contributed by atoms with Gasteiger partial charge in [-0.25, -0.2) is 9.78 Å². The Hall–Kier alpha value is -3.94. The van der Waals surface area contributed by atoms with Crippen LogP contribution < -0.4 is 10.9 Å². The first-order chi connectivity index (χ1) is 12.9. The fourth-order valence-corrected chi connectivity index (χ4v) is 2.48. The van der Waals surface area contributed by atoms with Gasteiger partial charge in [0.2, 0.25) is 11.7 Å². The van der Waals surface area contributed by atoms with Gasteiger partial charge in [-0.05, 0) is 17.7 Å². The number of nitrogens with one attached hydrogen (secondary N) is 2. The highest BCUT2D eigenvalue weighted by Gasteiger charge is 2.17. The second-order valence-corrected chi connectivity index (χ2v) is 5.71. The molecule has 1 heterocycles. The Morgan fingerprint density at radius 3 is 2.52 bits per heavy atom. The van der Waals surface area contributed by atoms with Crippen LogP contribution in [0.3, 0.4) is 0 Å². The summed E-state index contributed by atoms with van der Waals surface area (Å²) >= 11 is 0. The molecule has 4 N–H and O–H groups in total. The zero-order valence-corrected chi connectivity index (χ0v) is 14.0. The number of aromatic amines is 1. The number of aromatic hydroxyl groups is 1. The molecule has 8 heteroatoms. The summed E-state index contributed by atoms with van der Waals surface area (Å²) in [6.07, 6.45) is 0.197. The van der Waals surface area contributed by atoms with Crippen LogP contribution in [-0.4, -0.2) is 32.1 Å². The first kappa shape index (κ1) is 17.9. The number of carbonyl (C=O) groups is 2. The van der Waals surface area contributed by atoms with Crippen molar-refractivity contribution < 1.29 is 19.8 Å². The van der Waals surface area contributed by atoms with Crippen molar-refractivity contribution in [1.82, 2.24) is 9.97 Å². The van der Waals surface area contributed by atoms with Crippen molar-refractivity contribution in [3.63, 3.8) is 0 Å². The van der Waals surface area contributed by atoms with Crippen LogP contribution in [0.15, 0.2) is 59.4 Å². The van der Waals surface area contributed by atoms with Crippen molar-refractivity contribution >= 4 is 17.6 Å². The molecule has 27 heavy (non-hydrogen) atoms. The third-order valence-electron chi connectivity index (χ3n) is 3.72. The molecule has 136 valence electrons. The van der Waals surface area contributed by atoms with Gasteiger partial charge in [0.05, 0.1) is 6.42 Å². The van der Waals surface area contributed by atoms with Gasteiger partial charge in [0.1, 0.15) is 5.82 Å². The molecule has 2 aromatic carbocycles. The fraction of sp³-hybridized carbons (Fsp3) is 0.0526. The average molecular weight is 365 g/mol. The van der Waals surface area contributed by atoms with Crippen molar-refractivity contribution in [2.75, 3.05) is 5.32 Å². The lowest BCUT2D eigenvalue weighted by Gasteiger charge is -2.08. The van der Waals surface area contributed by atoms with Crippen LogP contribution in [0.1, 0.15) is 16.1 Å². The molecule has 0 saturated heterocycles. The van der Waals surface area contributed by atoms with Crippen LogP contribution in [-0.2, 0) is 11.2 Å². The number of carbonyl (C=O) groups excluding carboxylic acids is 1. The largest absolute Gasteiger partial charge is 0.501 e. The molecule has 8 nitrogen and oxygen atoms in total. The molecule has 0 fully saturated rings. The van der Waals surface area contributed by atoms with E-state index in [9.17, 15) is 19.5 Å². The molecular weight excluding hydrogens is 350 g/mol. The number of nitrogens with zero attached hydrogens (tertiary/aromatic N) is 1. The monoisotopic (exact) mass is 365 g/mol. The molecule has 3 rings (SSSR count). The molecule has 0 aliphatic heterocycles. The normalized spacial score (nSPS) is 10.4. The second kappa shape index (κ2) is 7.52. The summed E-state index contributed by atoms with van der Waals surface area (Å²) in [5.41, 5.74) is -0.00175. The van der Waals surface area contributed by atoms with Crippen molar-refractivity contribution in [3.8, 4) is 17.1 Å². The highest BCUT2D eigenvalue weighted by molar-refractivity contribution is 5.93. The molecule has 3 aromatic rings. The molecule has 0 radical (unpaired) electrons. The summed E-state index contributed by atoms with van der Waals surface area (Å²) in [7, 11) is 0. The van der Waals surface area contributed by atoms with E-state index in [4.69, 9.17) is 5.11 Å². The number of hydrogen-bond donors (Lipinski definition) is 4. The Bertz CT molecular complexity index is 1060. The third kappa shape index (κ3) is 4.18. The Balaban J connectivity index is 1.85. The van der Waals surface area contributed by atoms with E-state index >= 15 is 0 Å². The molecule has 1 aromatic heterocycles. The van der Waals surface area contributed by atoms with Crippen LogP contribution in [0, 0.1) is 0 Å². The minimum absolute atomic E-state index is 0.0330. The quantitative estimate of drug-likeness (QED) is 0.547. The lowest BCUT2D eigenvalue weighted by Crippen LogP contribution is -2.16. The number of aromatic carboxylic acids is 1. The first-order valence-electron chi connectivity index (χ1n) is 7.95. The zero-order valence-electron chi connectivity index (χ0n) is 14.0. The van der Waals surface area contributed by atoms with Crippen LogP contribution in [0.5, 0.6) is 5.75 Å². The maximum atomic E-state index is 12.2. The summed E-state index contributed by atoms with van der Waals surface area (Å²) in [6.45, 7) is 0. The Labute approximate surface area is 153 Å². The minimum atomic E-state index is -1.52. The molecule has 0 unspecified atom stereocenters. The van der Waals surface area contributed by atoms with Gasteiger partial charge >= 0.3 is 5.97 Å². The van der Waals surface area contributed by atoms with Crippen molar-refractivity contribution in [1.29, 1.82) is 0 Å². The highest BCUT2D eigenvalue weighted by Crippen LogP contribution is 2.21. The van der Waals surface area contributed by atoms with Gasteiger partial charge in [0.25, 0.3) is 5.56 Å². The number of rotatable bonds is 5. The number of hydrogen-bond acceptors (Lipinski definition) is 5. The molecule has 0 spiro atoms. The molecule has 0 atom stereocenters. The van der Waals surface area contributed by atoms with Crippen LogP contribution >= 0.6 is 0 Å². The third-order valence-corrected chi connectivity index (χ3v) is 3.72. The van der Waals surface area contributed by atoms with Crippen LogP contribution in [0.4, 0.5) is 5.69 Å².